The minimum atomic E-state index is -0.472. The Morgan fingerprint density at radius 1 is 1.27 bits per heavy atom. The highest BCUT2D eigenvalue weighted by Crippen LogP contribution is 2.38. The molecule has 0 bridgehead atoms. The molecule has 2 heterocycles. The molecule has 2 aromatic rings. The van der Waals surface area contributed by atoms with Crippen LogP contribution in [0.15, 0.2) is 42.5 Å². The average Bonchev–Trinajstić information content (AvgIpc) is 3.05. The summed E-state index contributed by atoms with van der Waals surface area (Å²) in [6, 6.07) is 11.6. The summed E-state index contributed by atoms with van der Waals surface area (Å²) in [5.74, 6) is -0.0361. The van der Waals surface area contributed by atoms with Crippen molar-refractivity contribution in [2.75, 3.05) is 13.2 Å². The zero-order valence-electron chi connectivity index (χ0n) is 13.9. The lowest BCUT2D eigenvalue weighted by Crippen LogP contribution is -2.39. The van der Waals surface area contributed by atoms with Crippen LogP contribution in [0.25, 0.3) is 0 Å². The molecule has 26 heavy (non-hydrogen) atoms. The van der Waals surface area contributed by atoms with Gasteiger partial charge < -0.3 is 4.74 Å². The van der Waals surface area contributed by atoms with Crippen molar-refractivity contribution in [1.82, 2.24) is 4.90 Å². The Morgan fingerprint density at radius 2 is 2.04 bits per heavy atom. The maximum atomic E-state index is 12.6. The fourth-order valence-corrected chi connectivity index (χ4v) is 3.88. The van der Waals surface area contributed by atoms with Gasteiger partial charge in [0.25, 0.3) is 5.69 Å². The summed E-state index contributed by atoms with van der Waals surface area (Å²) >= 11 is 6.13. The van der Waals surface area contributed by atoms with Gasteiger partial charge in [-0.15, -0.1) is 0 Å². The molecule has 0 aromatic heterocycles. The van der Waals surface area contributed by atoms with Crippen molar-refractivity contribution >= 4 is 23.1 Å². The van der Waals surface area contributed by atoms with Crippen LogP contribution >= 0.6 is 11.6 Å². The summed E-state index contributed by atoms with van der Waals surface area (Å²) in [4.78, 5) is 25.1. The molecule has 134 valence electrons. The van der Waals surface area contributed by atoms with E-state index in [2.05, 4.69) is 4.90 Å². The third kappa shape index (κ3) is 3.11. The van der Waals surface area contributed by atoms with E-state index in [1.165, 1.54) is 29.8 Å². The Hall–Kier alpha value is -2.28. The van der Waals surface area contributed by atoms with Gasteiger partial charge in [-0.05, 0) is 36.2 Å². The van der Waals surface area contributed by atoms with Gasteiger partial charge in [0.15, 0.2) is 5.78 Å². The molecule has 0 radical (unpaired) electrons. The summed E-state index contributed by atoms with van der Waals surface area (Å²) in [6.07, 6.45) is 1.06. The van der Waals surface area contributed by atoms with Gasteiger partial charge >= 0.3 is 0 Å². The highest BCUT2D eigenvalue weighted by molar-refractivity contribution is 6.30. The first-order valence-electron chi connectivity index (χ1n) is 8.46. The van der Waals surface area contributed by atoms with Gasteiger partial charge in [-0.2, -0.15) is 0 Å². The quantitative estimate of drug-likeness (QED) is 0.464. The second kappa shape index (κ2) is 6.79. The predicted molar refractivity (Wildman–Crippen MR) is 96.4 cm³/mol. The number of non-ortho nitro benzene ring substituents is 1. The lowest BCUT2D eigenvalue weighted by molar-refractivity contribution is -0.384. The monoisotopic (exact) mass is 372 g/mol. The summed E-state index contributed by atoms with van der Waals surface area (Å²) < 4.78 is 5.96. The van der Waals surface area contributed by atoms with Gasteiger partial charge in [0, 0.05) is 47.3 Å². The van der Waals surface area contributed by atoms with Crippen LogP contribution in [-0.4, -0.2) is 34.8 Å². The fourth-order valence-electron chi connectivity index (χ4n) is 3.70. The number of halogens is 1. The second-order valence-corrected chi connectivity index (χ2v) is 7.04. The number of Topliss-reactive ketones (excluding diaryl/α,β-unsaturated/α-hetero) is 1. The van der Waals surface area contributed by atoms with Crippen molar-refractivity contribution in [1.29, 1.82) is 0 Å². The molecule has 1 fully saturated rings. The molecule has 7 heteroatoms. The van der Waals surface area contributed by atoms with E-state index in [1.807, 2.05) is 18.2 Å². The Morgan fingerprint density at radius 3 is 2.77 bits per heavy atom. The first kappa shape index (κ1) is 17.1. The average molecular weight is 373 g/mol. The van der Waals surface area contributed by atoms with Crippen LogP contribution in [0.4, 0.5) is 5.69 Å². The topological polar surface area (TPSA) is 72.7 Å². The third-order valence-corrected chi connectivity index (χ3v) is 5.29. The number of carbonyl (C=O) groups excluding carboxylic acids is 1. The first-order chi connectivity index (χ1) is 12.5. The Labute approximate surface area is 155 Å². The van der Waals surface area contributed by atoms with E-state index in [1.54, 1.807) is 0 Å². The van der Waals surface area contributed by atoms with Crippen LogP contribution in [0.3, 0.4) is 0 Å². The highest BCUT2D eigenvalue weighted by atomic mass is 35.5. The molecule has 1 saturated heterocycles. The number of rotatable bonds is 4. The van der Waals surface area contributed by atoms with Gasteiger partial charge in [-0.1, -0.05) is 17.7 Å². The van der Waals surface area contributed by atoms with Gasteiger partial charge in [0.2, 0.25) is 0 Å². The number of nitro groups is 1. The minimum absolute atomic E-state index is 0.00479. The summed E-state index contributed by atoms with van der Waals surface area (Å²) in [7, 11) is 0. The summed E-state index contributed by atoms with van der Waals surface area (Å²) in [5.41, 5.74) is 2.78. The molecule has 0 amide bonds. The number of carbonyl (C=O) groups is 1. The lowest BCUT2D eigenvalue weighted by atomic mass is 9.96. The molecular weight excluding hydrogens is 356 g/mol. The number of nitrogens with zero attached hydrogens (tertiary/aromatic N) is 2. The number of ether oxygens (including phenoxy) is 1. The van der Waals surface area contributed by atoms with E-state index < -0.39 is 4.92 Å². The molecule has 0 saturated carbocycles. The van der Waals surface area contributed by atoms with Gasteiger partial charge in [-0.25, -0.2) is 0 Å². The van der Waals surface area contributed by atoms with Crippen molar-refractivity contribution in [2.24, 2.45) is 0 Å². The molecule has 0 unspecified atom stereocenters. The van der Waals surface area contributed by atoms with Crippen LogP contribution < -0.4 is 0 Å². The van der Waals surface area contributed by atoms with Crippen molar-refractivity contribution < 1.29 is 14.5 Å². The number of nitro benzene ring substituents is 1. The zero-order valence-corrected chi connectivity index (χ0v) is 14.7. The number of hydrogen-bond acceptors (Lipinski definition) is 5. The number of hydrogen-bond donors (Lipinski definition) is 0. The smallest absolute Gasteiger partial charge is 0.269 e. The van der Waals surface area contributed by atoms with Gasteiger partial charge in [0.05, 0.1) is 11.5 Å². The SMILES string of the molecule is O=C(C[C@@H]1CO[C@H]2c3cc(Cl)ccc3CCN12)c1ccc([N+](=O)[O-])cc1. The fraction of sp³-hybridized carbons (Fsp3) is 0.316. The summed E-state index contributed by atoms with van der Waals surface area (Å²) in [6.45, 7) is 1.31. The second-order valence-electron chi connectivity index (χ2n) is 6.60. The molecule has 0 N–H and O–H groups in total. The molecular formula is C19H17ClN2O4. The third-order valence-electron chi connectivity index (χ3n) is 5.05. The molecule has 4 rings (SSSR count). The molecule has 6 nitrogen and oxygen atoms in total. The number of fused-ring (bicyclic) bond motifs is 3. The molecule has 2 aromatic carbocycles. The molecule has 0 aliphatic carbocycles. The van der Waals surface area contributed by atoms with Crippen molar-refractivity contribution in [3.8, 4) is 0 Å². The molecule has 2 atom stereocenters. The van der Waals surface area contributed by atoms with Gasteiger partial charge in [-0.3, -0.25) is 19.8 Å². The van der Waals surface area contributed by atoms with Crippen LogP contribution in [-0.2, 0) is 11.2 Å². The van der Waals surface area contributed by atoms with E-state index >= 15 is 0 Å². The Bertz CT molecular complexity index is 868. The van der Waals surface area contributed by atoms with Crippen LogP contribution in [0.2, 0.25) is 5.02 Å². The number of ketones is 1. The molecule has 2 aliphatic rings. The highest BCUT2D eigenvalue weighted by Gasteiger charge is 2.39. The Kier molecular flexibility index (Phi) is 4.48. The maximum Gasteiger partial charge on any atom is 0.269 e. The lowest BCUT2D eigenvalue weighted by Gasteiger charge is -2.33. The van der Waals surface area contributed by atoms with E-state index in [4.69, 9.17) is 16.3 Å². The zero-order chi connectivity index (χ0) is 18.3. The van der Waals surface area contributed by atoms with Crippen molar-refractivity contribution in [3.05, 3.63) is 74.3 Å². The van der Waals surface area contributed by atoms with Crippen LogP contribution in [0, 0.1) is 10.1 Å². The van der Waals surface area contributed by atoms with Crippen LogP contribution in [0.1, 0.15) is 34.1 Å². The minimum Gasteiger partial charge on any atom is -0.357 e. The standard InChI is InChI=1S/C19H17ClN2O4/c20-14-4-1-12-7-8-21-16(11-26-19(21)17(12)9-14)10-18(23)13-2-5-15(6-3-13)22(24)25/h1-6,9,16,19H,7-8,10-11H2/t16-,19+/m1/s1. The number of benzene rings is 2. The van der Waals surface area contributed by atoms with E-state index in [-0.39, 0.29) is 23.7 Å². The molecule has 0 spiro atoms. The molecule has 2 aliphatic heterocycles. The van der Waals surface area contributed by atoms with Crippen molar-refractivity contribution in [3.63, 3.8) is 0 Å². The van der Waals surface area contributed by atoms with E-state index in [0.29, 0.717) is 23.6 Å². The van der Waals surface area contributed by atoms with E-state index in [0.717, 1.165) is 18.5 Å². The predicted octanol–water partition coefficient (Wildman–Crippen LogP) is 3.78. The first-order valence-corrected chi connectivity index (χ1v) is 8.84. The van der Waals surface area contributed by atoms with Crippen molar-refractivity contribution in [2.45, 2.75) is 25.1 Å². The Balaban J connectivity index is 1.48. The normalized spacial score (nSPS) is 21.9. The maximum absolute atomic E-state index is 12.6. The van der Waals surface area contributed by atoms with E-state index in [9.17, 15) is 14.9 Å². The van der Waals surface area contributed by atoms with Gasteiger partial charge in [0.1, 0.15) is 6.23 Å². The van der Waals surface area contributed by atoms with Crippen LogP contribution in [0.5, 0.6) is 0 Å². The summed E-state index contributed by atoms with van der Waals surface area (Å²) in [5, 5.41) is 11.4. The largest absolute Gasteiger partial charge is 0.357 e.